The highest BCUT2D eigenvalue weighted by molar-refractivity contribution is 7.07. The lowest BCUT2D eigenvalue weighted by Gasteiger charge is -2.24. The van der Waals surface area contributed by atoms with E-state index in [1.807, 2.05) is 0 Å². The van der Waals surface area contributed by atoms with Crippen molar-refractivity contribution in [1.82, 2.24) is 4.57 Å². The molecule has 2 aromatic carbocycles. The number of nitro groups is 1. The summed E-state index contributed by atoms with van der Waals surface area (Å²) in [5.74, 6) is 0.846. The van der Waals surface area contributed by atoms with Crippen LogP contribution in [0.3, 0.4) is 0 Å². The van der Waals surface area contributed by atoms with Crippen molar-refractivity contribution < 1.29 is 23.6 Å². The summed E-state index contributed by atoms with van der Waals surface area (Å²) in [6.07, 6.45) is 1.58. The maximum atomic E-state index is 13.7. The molecular formula is C28H22ClN3O7S. The van der Waals surface area contributed by atoms with E-state index in [0.717, 1.165) is 11.3 Å². The van der Waals surface area contributed by atoms with Crippen molar-refractivity contribution in [1.29, 1.82) is 0 Å². The number of non-ortho nitro benzene ring substituents is 1. The second-order valence-electron chi connectivity index (χ2n) is 8.70. The van der Waals surface area contributed by atoms with Gasteiger partial charge < -0.3 is 13.9 Å². The molecule has 12 heteroatoms. The lowest BCUT2D eigenvalue weighted by atomic mass is 9.96. The second kappa shape index (κ2) is 10.9. The van der Waals surface area contributed by atoms with Crippen LogP contribution in [0.25, 0.3) is 17.4 Å². The largest absolute Gasteiger partial charge is 0.497 e. The van der Waals surface area contributed by atoms with Gasteiger partial charge in [-0.3, -0.25) is 19.5 Å². The summed E-state index contributed by atoms with van der Waals surface area (Å²) in [4.78, 5) is 42.2. The Morgan fingerprint density at radius 2 is 1.98 bits per heavy atom. The zero-order valence-electron chi connectivity index (χ0n) is 21.5. The number of nitro benzene ring substituents is 1. The Hall–Kier alpha value is -4.48. The van der Waals surface area contributed by atoms with Gasteiger partial charge in [-0.2, -0.15) is 0 Å². The minimum atomic E-state index is -0.755. The van der Waals surface area contributed by atoms with Crippen LogP contribution in [0.4, 0.5) is 5.69 Å². The van der Waals surface area contributed by atoms with Crippen LogP contribution in [0.5, 0.6) is 5.75 Å². The van der Waals surface area contributed by atoms with Gasteiger partial charge in [-0.25, -0.2) is 9.79 Å². The molecule has 40 heavy (non-hydrogen) atoms. The normalized spacial score (nSPS) is 15.0. The van der Waals surface area contributed by atoms with Crippen molar-refractivity contribution in [3.05, 3.63) is 112 Å². The van der Waals surface area contributed by atoms with Crippen LogP contribution in [-0.4, -0.2) is 29.2 Å². The van der Waals surface area contributed by atoms with Crippen molar-refractivity contribution in [2.24, 2.45) is 4.99 Å². The third kappa shape index (κ3) is 4.96. The van der Waals surface area contributed by atoms with Gasteiger partial charge in [0, 0.05) is 23.8 Å². The van der Waals surface area contributed by atoms with Crippen molar-refractivity contribution in [2.75, 3.05) is 13.7 Å². The molecule has 0 N–H and O–H groups in total. The van der Waals surface area contributed by atoms with Crippen LogP contribution >= 0.6 is 22.9 Å². The molecular weight excluding hydrogens is 558 g/mol. The number of hydrogen-bond acceptors (Lipinski definition) is 9. The maximum absolute atomic E-state index is 13.7. The molecule has 0 amide bonds. The number of fused-ring (bicyclic) bond motifs is 1. The Morgan fingerprint density at radius 3 is 2.62 bits per heavy atom. The molecule has 10 nitrogen and oxygen atoms in total. The Bertz CT molecular complexity index is 1850. The van der Waals surface area contributed by atoms with Gasteiger partial charge in [-0.15, -0.1) is 0 Å². The second-order valence-corrected chi connectivity index (χ2v) is 10.1. The van der Waals surface area contributed by atoms with Crippen molar-refractivity contribution in [2.45, 2.75) is 19.9 Å². The molecule has 0 saturated heterocycles. The summed E-state index contributed by atoms with van der Waals surface area (Å²) in [7, 11) is 1.56. The summed E-state index contributed by atoms with van der Waals surface area (Å²) in [6, 6.07) is 13.8. The van der Waals surface area contributed by atoms with Gasteiger partial charge in [-0.1, -0.05) is 35.1 Å². The highest BCUT2D eigenvalue weighted by atomic mass is 35.5. The molecule has 0 aliphatic carbocycles. The van der Waals surface area contributed by atoms with E-state index in [1.165, 1.54) is 22.8 Å². The Kier molecular flexibility index (Phi) is 7.42. The molecule has 1 aliphatic rings. The standard InChI is InChI=1S/C28H22ClN3O7S/c1-4-38-27(34)24-15(2)30-28-31(25(24)16-5-8-18(37-3)9-6-16)26(33)23(40-28)14-19-10-12-22(39-19)20-11-7-17(32(35)36)13-21(20)29/h5-14,25H,4H2,1-3H3/t25-/m0/s1. The fourth-order valence-corrected chi connectivity index (χ4v) is 5.71. The van der Waals surface area contributed by atoms with Crippen LogP contribution < -0.4 is 19.6 Å². The minimum absolute atomic E-state index is 0.134. The predicted molar refractivity (Wildman–Crippen MR) is 149 cm³/mol. The molecule has 1 atom stereocenters. The van der Waals surface area contributed by atoms with Gasteiger partial charge in [0.1, 0.15) is 17.3 Å². The van der Waals surface area contributed by atoms with E-state index >= 15 is 0 Å². The van der Waals surface area contributed by atoms with Gasteiger partial charge in [0.2, 0.25) is 0 Å². The third-order valence-electron chi connectivity index (χ3n) is 6.28. The molecule has 0 unspecified atom stereocenters. The molecule has 0 saturated carbocycles. The topological polar surface area (TPSA) is 126 Å². The summed E-state index contributed by atoms with van der Waals surface area (Å²) >= 11 is 7.41. The van der Waals surface area contributed by atoms with Crippen molar-refractivity contribution in [3.63, 3.8) is 0 Å². The van der Waals surface area contributed by atoms with Crippen molar-refractivity contribution >= 4 is 40.7 Å². The first-order chi connectivity index (χ1) is 19.2. The van der Waals surface area contributed by atoms with E-state index in [9.17, 15) is 19.7 Å². The van der Waals surface area contributed by atoms with Gasteiger partial charge in [0.05, 0.1) is 45.5 Å². The lowest BCUT2D eigenvalue weighted by Crippen LogP contribution is -2.39. The Labute approximate surface area is 236 Å². The Balaban J connectivity index is 1.60. The van der Waals surface area contributed by atoms with Crippen LogP contribution in [0.2, 0.25) is 5.02 Å². The van der Waals surface area contributed by atoms with E-state index in [2.05, 4.69) is 4.99 Å². The van der Waals surface area contributed by atoms with Crippen LogP contribution in [0.15, 0.2) is 80.1 Å². The van der Waals surface area contributed by atoms with Gasteiger partial charge in [0.15, 0.2) is 4.80 Å². The number of halogens is 1. The van der Waals surface area contributed by atoms with Crippen LogP contribution in [-0.2, 0) is 9.53 Å². The number of esters is 1. The molecule has 0 spiro atoms. The number of benzene rings is 2. The predicted octanol–water partition coefficient (Wildman–Crippen LogP) is 4.63. The van der Waals surface area contributed by atoms with E-state index in [0.29, 0.717) is 43.4 Å². The first kappa shape index (κ1) is 27.1. The molecule has 4 aromatic rings. The van der Waals surface area contributed by atoms with Crippen LogP contribution in [0.1, 0.15) is 31.2 Å². The highest BCUT2D eigenvalue weighted by Gasteiger charge is 2.33. The number of thiazole rings is 1. The quantitative estimate of drug-likeness (QED) is 0.177. The van der Waals surface area contributed by atoms with Crippen molar-refractivity contribution in [3.8, 4) is 17.1 Å². The molecule has 3 heterocycles. The zero-order chi connectivity index (χ0) is 28.6. The SMILES string of the molecule is CCOC(=O)C1=C(C)N=c2sc(=Cc3ccc(-c4ccc([N+](=O)[O-])cc4Cl)o3)c(=O)n2[C@H]1c1ccc(OC)cc1. The number of aromatic nitrogens is 1. The first-order valence-electron chi connectivity index (χ1n) is 12.1. The molecule has 0 radical (unpaired) electrons. The molecule has 1 aliphatic heterocycles. The Morgan fingerprint density at radius 1 is 1.23 bits per heavy atom. The summed E-state index contributed by atoms with van der Waals surface area (Å²) in [6.45, 7) is 3.61. The number of rotatable bonds is 7. The summed E-state index contributed by atoms with van der Waals surface area (Å²) in [5.41, 5.74) is 1.41. The minimum Gasteiger partial charge on any atom is -0.497 e. The summed E-state index contributed by atoms with van der Waals surface area (Å²) in [5, 5.41) is 11.2. The molecule has 5 rings (SSSR count). The van der Waals surface area contributed by atoms with Gasteiger partial charge in [-0.05, 0) is 49.7 Å². The zero-order valence-corrected chi connectivity index (χ0v) is 23.1. The number of methoxy groups -OCH3 is 1. The highest BCUT2D eigenvalue weighted by Crippen LogP contribution is 2.33. The fourth-order valence-electron chi connectivity index (χ4n) is 4.41. The number of ether oxygens (including phenoxy) is 2. The molecule has 2 aromatic heterocycles. The number of allylic oxidation sites excluding steroid dienone is 1. The lowest BCUT2D eigenvalue weighted by molar-refractivity contribution is -0.384. The molecule has 0 fully saturated rings. The summed E-state index contributed by atoms with van der Waals surface area (Å²) < 4.78 is 18.3. The first-order valence-corrected chi connectivity index (χ1v) is 13.3. The smallest absolute Gasteiger partial charge is 0.338 e. The van der Waals surface area contributed by atoms with E-state index in [1.54, 1.807) is 63.4 Å². The number of carbonyl (C=O) groups is 1. The van der Waals surface area contributed by atoms with E-state index in [-0.39, 0.29) is 28.4 Å². The van der Waals surface area contributed by atoms with E-state index in [4.69, 9.17) is 25.5 Å². The fraction of sp³-hybridized carbons (Fsp3) is 0.179. The number of furan rings is 1. The number of hydrogen-bond donors (Lipinski definition) is 0. The van der Waals surface area contributed by atoms with Gasteiger partial charge >= 0.3 is 5.97 Å². The average molecular weight is 580 g/mol. The monoisotopic (exact) mass is 579 g/mol. The number of carbonyl (C=O) groups excluding carboxylic acids is 1. The third-order valence-corrected chi connectivity index (χ3v) is 7.57. The average Bonchev–Trinajstić information content (AvgIpc) is 3.52. The number of nitrogens with zero attached hydrogens (tertiary/aromatic N) is 3. The van der Waals surface area contributed by atoms with Gasteiger partial charge in [0.25, 0.3) is 11.2 Å². The molecule has 0 bridgehead atoms. The van der Waals surface area contributed by atoms with Crippen LogP contribution in [0, 0.1) is 10.1 Å². The van der Waals surface area contributed by atoms with E-state index < -0.39 is 16.9 Å². The maximum Gasteiger partial charge on any atom is 0.338 e. The molecule has 204 valence electrons.